The van der Waals surface area contributed by atoms with Crippen molar-refractivity contribution in [3.63, 3.8) is 0 Å². The maximum atomic E-state index is 11.8. The van der Waals surface area contributed by atoms with E-state index in [1.54, 1.807) is 25.4 Å². The third kappa shape index (κ3) is 3.40. The molecule has 3 rings (SSSR count). The number of nitrogens with zero attached hydrogens (tertiary/aromatic N) is 5. The van der Waals surface area contributed by atoms with Gasteiger partial charge in [-0.05, 0) is 5.56 Å². The minimum Gasteiger partial charge on any atom is -0.365 e. The summed E-state index contributed by atoms with van der Waals surface area (Å²) in [7, 11) is -1.93. The third-order valence-electron chi connectivity index (χ3n) is 3.51. The summed E-state index contributed by atoms with van der Waals surface area (Å²) in [6.45, 7) is 0.308. The second-order valence-corrected chi connectivity index (χ2v) is 7.32. The van der Waals surface area contributed by atoms with Gasteiger partial charge < -0.3 is 5.32 Å². The van der Waals surface area contributed by atoms with Gasteiger partial charge in [-0.1, -0.05) is 12.1 Å². The van der Waals surface area contributed by atoms with Gasteiger partial charge in [0.2, 0.25) is 9.84 Å². The highest BCUT2D eigenvalue weighted by Crippen LogP contribution is 2.22. The number of fused-ring (bicyclic) bond motifs is 1. The predicted octanol–water partition coefficient (Wildman–Crippen LogP) is 1.29. The van der Waals surface area contributed by atoms with E-state index in [4.69, 9.17) is 0 Å². The average molecular weight is 362 g/mol. The van der Waals surface area contributed by atoms with E-state index in [1.807, 2.05) is 0 Å². The first-order chi connectivity index (χ1) is 11.8. The van der Waals surface area contributed by atoms with Crippen molar-refractivity contribution in [2.45, 2.75) is 11.7 Å². The van der Waals surface area contributed by atoms with Crippen LogP contribution in [0.4, 0.5) is 11.5 Å². The molecule has 0 aliphatic rings. The van der Waals surface area contributed by atoms with Crippen LogP contribution in [0.15, 0.2) is 35.6 Å². The molecule has 1 aromatic carbocycles. The normalized spacial score (nSPS) is 11.6. The molecule has 2 aromatic heterocycles. The number of nitro groups is 1. The first kappa shape index (κ1) is 16.8. The minimum absolute atomic E-state index is 0.000187. The van der Waals surface area contributed by atoms with E-state index in [0.29, 0.717) is 23.4 Å². The average Bonchev–Trinajstić information content (AvgIpc) is 2.93. The van der Waals surface area contributed by atoms with Crippen molar-refractivity contribution in [3.8, 4) is 0 Å². The molecule has 130 valence electrons. The van der Waals surface area contributed by atoms with Gasteiger partial charge in [-0.25, -0.2) is 13.4 Å². The van der Waals surface area contributed by atoms with Gasteiger partial charge >= 0.3 is 0 Å². The second-order valence-electron chi connectivity index (χ2n) is 5.41. The fraction of sp³-hybridized carbons (Fsp3) is 0.214. The zero-order chi connectivity index (χ0) is 18.2. The lowest BCUT2D eigenvalue weighted by atomic mass is 10.2. The van der Waals surface area contributed by atoms with E-state index < -0.39 is 14.8 Å². The summed E-state index contributed by atoms with van der Waals surface area (Å²) in [6, 6.07) is 6.03. The summed E-state index contributed by atoms with van der Waals surface area (Å²) < 4.78 is 25.0. The van der Waals surface area contributed by atoms with Gasteiger partial charge in [0.05, 0.1) is 16.5 Å². The van der Waals surface area contributed by atoms with Gasteiger partial charge in [0, 0.05) is 32.0 Å². The number of non-ortho nitro benzene ring substituents is 1. The number of rotatable bonds is 5. The van der Waals surface area contributed by atoms with Crippen LogP contribution in [0.2, 0.25) is 0 Å². The highest BCUT2D eigenvalue weighted by molar-refractivity contribution is 7.90. The van der Waals surface area contributed by atoms with Gasteiger partial charge in [0.15, 0.2) is 5.65 Å². The molecule has 0 saturated carbocycles. The Hall–Kier alpha value is -3.08. The monoisotopic (exact) mass is 362 g/mol. The Labute approximate surface area is 142 Å². The number of sulfone groups is 1. The van der Waals surface area contributed by atoms with Gasteiger partial charge in [0.1, 0.15) is 5.82 Å². The molecule has 0 spiro atoms. The molecule has 10 nitrogen and oxygen atoms in total. The molecule has 0 amide bonds. The lowest BCUT2D eigenvalue weighted by Gasteiger charge is -2.08. The minimum atomic E-state index is -3.59. The van der Waals surface area contributed by atoms with Crippen LogP contribution in [0.5, 0.6) is 0 Å². The van der Waals surface area contributed by atoms with Crippen LogP contribution in [-0.4, -0.2) is 39.3 Å². The smallest absolute Gasteiger partial charge is 0.269 e. The van der Waals surface area contributed by atoms with Crippen LogP contribution in [0.1, 0.15) is 5.56 Å². The molecule has 0 aliphatic heterocycles. The number of nitrogens with one attached hydrogen (secondary N) is 1. The standard InChI is InChI=1S/C14H14N6O4S/c1-19-13-11(8-16-19)12(17-14(18-13)25(2,23)24)15-7-9-3-5-10(6-4-9)20(21)22/h3-6,8H,7H2,1-2H3,(H,15,17,18). The molecule has 2 heterocycles. The largest absolute Gasteiger partial charge is 0.365 e. The number of anilines is 1. The van der Waals surface area contributed by atoms with Crippen LogP contribution in [-0.2, 0) is 23.4 Å². The molecule has 1 N–H and O–H groups in total. The summed E-state index contributed by atoms with van der Waals surface area (Å²) in [6.07, 6.45) is 2.57. The number of aryl methyl sites for hydroxylation is 1. The topological polar surface area (TPSA) is 133 Å². The summed E-state index contributed by atoms with van der Waals surface area (Å²) in [5.74, 6) is 0.330. The second kappa shape index (κ2) is 6.09. The molecule has 0 radical (unpaired) electrons. The Morgan fingerprint density at radius 2 is 1.92 bits per heavy atom. The quantitative estimate of drug-likeness (QED) is 0.408. The molecule has 0 unspecified atom stereocenters. The van der Waals surface area contributed by atoms with Crippen LogP contribution >= 0.6 is 0 Å². The van der Waals surface area contributed by atoms with Crippen molar-refractivity contribution in [1.82, 2.24) is 19.7 Å². The van der Waals surface area contributed by atoms with Gasteiger partial charge in [-0.2, -0.15) is 10.1 Å². The predicted molar refractivity (Wildman–Crippen MR) is 89.8 cm³/mol. The van der Waals surface area contributed by atoms with E-state index in [1.165, 1.54) is 16.8 Å². The van der Waals surface area contributed by atoms with E-state index >= 15 is 0 Å². The Morgan fingerprint density at radius 3 is 2.52 bits per heavy atom. The van der Waals surface area contributed by atoms with E-state index in [-0.39, 0.29) is 10.8 Å². The van der Waals surface area contributed by atoms with Crippen molar-refractivity contribution in [3.05, 3.63) is 46.1 Å². The Balaban J connectivity index is 1.94. The summed E-state index contributed by atoms with van der Waals surface area (Å²) >= 11 is 0. The van der Waals surface area contributed by atoms with Gasteiger partial charge in [-0.15, -0.1) is 0 Å². The molecule has 0 atom stereocenters. The maximum Gasteiger partial charge on any atom is 0.269 e. The van der Waals surface area contributed by atoms with E-state index in [0.717, 1.165) is 11.8 Å². The third-order valence-corrected chi connectivity index (χ3v) is 4.36. The van der Waals surface area contributed by atoms with Crippen molar-refractivity contribution < 1.29 is 13.3 Å². The molecule has 0 aliphatic carbocycles. The molecule has 0 saturated heterocycles. The molecular weight excluding hydrogens is 348 g/mol. The molecular formula is C14H14N6O4S. The first-order valence-corrected chi connectivity index (χ1v) is 9.02. The Morgan fingerprint density at radius 1 is 1.24 bits per heavy atom. The highest BCUT2D eigenvalue weighted by atomic mass is 32.2. The van der Waals surface area contributed by atoms with Crippen molar-refractivity contribution in [2.75, 3.05) is 11.6 Å². The molecule has 25 heavy (non-hydrogen) atoms. The van der Waals surface area contributed by atoms with Crippen LogP contribution in [0.3, 0.4) is 0 Å². The SMILES string of the molecule is Cn1ncc2c(NCc3ccc([N+](=O)[O-])cc3)nc(S(C)(=O)=O)nc21. The van der Waals surface area contributed by atoms with Crippen molar-refractivity contribution in [2.24, 2.45) is 7.05 Å². The number of hydrogen-bond acceptors (Lipinski definition) is 8. The highest BCUT2D eigenvalue weighted by Gasteiger charge is 2.17. The summed E-state index contributed by atoms with van der Waals surface area (Å²) in [5, 5.41) is 18.1. The van der Waals surface area contributed by atoms with Crippen molar-refractivity contribution >= 4 is 32.4 Å². The lowest BCUT2D eigenvalue weighted by Crippen LogP contribution is -2.09. The fourth-order valence-corrected chi connectivity index (χ4v) is 2.73. The van der Waals surface area contributed by atoms with Gasteiger partial charge in [0.25, 0.3) is 10.8 Å². The van der Waals surface area contributed by atoms with E-state index in [2.05, 4.69) is 20.4 Å². The zero-order valence-corrected chi connectivity index (χ0v) is 14.2. The van der Waals surface area contributed by atoms with E-state index in [9.17, 15) is 18.5 Å². The first-order valence-electron chi connectivity index (χ1n) is 7.13. The van der Waals surface area contributed by atoms with Crippen LogP contribution in [0.25, 0.3) is 11.0 Å². The summed E-state index contributed by atoms with van der Waals surface area (Å²) in [4.78, 5) is 18.3. The fourth-order valence-electron chi connectivity index (χ4n) is 2.22. The van der Waals surface area contributed by atoms with Crippen LogP contribution < -0.4 is 5.32 Å². The van der Waals surface area contributed by atoms with Crippen LogP contribution in [0, 0.1) is 10.1 Å². The van der Waals surface area contributed by atoms with Crippen molar-refractivity contribution in [1.29, 1.82) is 0 Å². The molecule has 3 aromatic rings. The Bertz CT molecular complexity index is 1060. The summed E-state index contributed by atoms with van der Waals surface area (Å²) in [5.41, 5.74) is 1.17. The number of aromatic nitrogens is 4. The maximum absolute atomic E-state index is 11.8. The number of nitro benzene ring substituents is 1. The lowest BCUT2D eigenvalue weighted by molar-refractivity contribution is -0.384. The number of hydrogen-bond donors (Lipinski definition) is 1. The van der Waals surface area contributed by atoms with Gasteiger partial charge in [-0.3, -0.25) is 14.8 Å². The molecule has 0 bridgehead atoms. The number of benzene rings is 1. The Kier molecular flexibility index (Phi) is 4.08. The zero-order valence-electron chi connectivity index (χ0n) is 13.4. The molecule has 0 fully saturated rings. The molecule has 11 heteroatoms.